The molecule has 10 heteroatoms. The zero-order valence-corrected chi connectivity index (χ0v) is 33.7. The Hall–Kier alpha value is -2.43. The minimum atomic E-state index is -1.50. The number of fused-ring (bicyclic) bond motifs is 2. The van der Waals surface area contributed by atoms with Crippen LogP contribution in [0.25, 0.3) is 0 Å². The quantitative estimate of drug-likeness (QED) is 0.311. The van der Waals surface area contributed by atoms with Crippen LogP contribution in [0.4, 0.5) is 5.69 Å². The molecule has 0 radical (unpaired) electrons. The summed E-state index contributed by atoms with van der Waals surface area (Å²) >= 11 is 6.40. The van der Waals surface area contributed by atoms with Gasteiger partial charge in [0.2, 0.25) is 0 Å². The van der Waals surface area contributed by atoms with Crippen LogP contribution in [0, 0.1) is 17.8 Å². The number of nitrogens with zero attached hydrogens (tertiary/aromatic N) is 3. The third kappa shape index (κ3) is 9.39. The van der Waals surface area contributed by atoms with Crippen LogP contribution in [0.3, 0.4) is 0 Å². The fourth-order valence-corrected chi connectivity index (χ4v) is 9.10. The molecule has 0 spiro atoms. The van der Waals surface area contributed by atoms with Crippen molar-refractivity contribution in [2.75, 3.05) is 65.4 Å². The zero-order chi connectivity index (χ0) is 36.9. The summed E-state index contributed by atoms with van der Waals surface area (Å²) in [6.45, 7) is 16.6. The Morgan fingerprint density at radius 3 is 2.51 bits per heavy atom. The van der Waals surface area contributed by atoms with E-state index in [-0.39, 0.29) is 29.1 Å². The van der Waals surface area contributed by atoms with Crippen LogP contribution in [-0.2, 0) is 22.1 Å². The lowest BCUT2D eigenvalue weighted by atomic mass is 9.70. The fourth-order valence-electron chi connectivity index (χ4n) is 7.88. The third-order valence-corrected chi connectivity index (χ3v) is 13.7. The number of likely N-dealkylation sites (tertiary alicyclic amines) is 1. The number of likely N-dealkylation sites (N-methyl/N-ethyl adjacent to an activating group) is 2. The summed E-state index contributed by atoms with van der Waals surface area (Å²) in [7, 11) is 4.62. The molecule has 2 bridgehead atoms. The van der Waals surface area contributed by atoms with Crippen LogP contribution < -0.4 is 14.4 Å². The predicted molar refractivity (Wildman–Crippen MR) is 212 cm³/mol. The molecule has 1 saturated heterocycles. The predicted octanol–water partition coefficient (Wildman–Crippen LogP) is 7.34. The highest BCUT2D eigenvalue weighted by Gasteiger charge is 2.40. The number of rotatable bonds is 6. The van der Waals surface area contributed by atoms with E-state index in [1.54, 1.807) is 13.2 Å². The van der Waals surface area contributed by atoms with Gasteiger partial charge >= 0.3 is 0 Å². The molecule has 1 aliphatic carbocycles. The molecule has 282 valence electrons. The SMILES string of the molecule is CCCc1cc(Cl)ccc1C1COc2ccc3cc2N(C1)CC1CCC1C(OC)/C=C/CC(C)C(C)S(=O)NC3=O.CCN1CC(C)(N(C)C)C1. The first kappa shape index (κ1) is 39.8. The van der Waals surface area contributed by atoms with Gasteiger partial charge in [-0.2, -0.15) is 0 Å². The molecule has 2 aromatic carbocycles. The molecule has 0 aromatic heterocycles. The average molecular weight is 741 g/mol. The zero-order valence-electron chi connectivity index (χ0n) is 32.1. The van der Waals surface area contributed by atoms with Crippen molar-refractivity contribution in [3.63, 3.8) is 0 Å². The van der Waals surface area contributed by atoms with E-state index in [0.717, 1.165) is 61.7 Å². The number of carbonyl (C=O) groups is 1. The monoisotopic (exact) mass is 740 g/mol. The van der Waals surface area contributed by atoms with Gasteiger partial charge in [0, 0.05) is 55.3 Å². The van der Waals surface area contributed by atoms with Crippen LogP contribution >= 0.6 is 11.6 Å². The molecule has 8 nitrogen and oxygen atoms in total. The molecule has 1 amide bonds. The summed E-state index contributed by atoms with van der Waals surface area (Å²) in [5.41, 5.74) is 4.41. The Kier molecular flexibility index (Phi) is 13.7. The summed E-state index contributed by atoms with van der Waals surface area (Å²) in [5.74, 6) is 1.64. The molecule has 1 saturated carbocycles. The van der Waals surface area contributed by atoms with Gasteiger partial charge in [-0.05, 0) is 119 Å². The van der Waals surface area contributed by atoms with E-state index in [1.165, 1.54) is 30.8 Å². The van der Waals surface area contributed by atoms with Gasteiger partial charge in [-0.15, -0.1) is 0 Å². The number of allylic oxidation sites excluding steroid dienone is 1. The molecule has 2 fully saturated rings. The Morgan fingerprint density at radius 2 is 1.86 bits per heavy atom. The van der Waals surface area contributed by atoms with Gasteiger partial charge in [0.15, 0.2) is 0 Å². The summed E-state index contributed by atoms with van der Waals surface area (Å²) < 4.78 is 28.3. The second-order valence-corrected chi connectivity index (χ2v) is 17.6. The lowest BCUT2D eigenvalue weighted by Gasteiger charge is -2.51. The molecule has 2 aromatic rings. The van der Waals surface area contributed by atoms with Crippen LogP contribution in [-0.4, -0.2) is 97.3 Å². The van der Waals surface area contributed by atoms with Crippen molar-refractivity contribution < 1.29 is 18.5 Å². The number of methoxy groups -OCH3 is 1. The first-order valence-electron chi connectivity index (χ1n) is 19.0. The average Bonchev–Trinajstić information content (AvgIpc) is 3.26. The Balaban J connectivity index is 0.000000435. The highest BCUT2D eigenvalue weighted by molar-refractivity contribution is 7.84. The minimum Gasteiger partial charge on any atom is -0.491 e. The normalized spacial score (nSPS) is 30.0. The van der Waals surface area contributed by atoms with Gasteiger partial charge < -0.3 is 19.3 Å². The molecule has 6 rings (SSSR count). The highest BCUT2D eigenvalue weighted by Crippen LogP contribution is 2.43. The van der Waals surface area contributed by atoms with Crippen molar-refractivity contribution in [3.8, 4) is 5.75 Å². The minimum absolute atomic E-state index is 0.0478. The van der Waals surface area contributed by atoms with Crippen molar-refractivity contribution in [3.05, 3.63) is 70.3 Å². The molecular weight excluding hydrogens is 680 g/mol. The standard InChI is InChI=1S/C33H43ClN2O4S.C8H18N2/c1-5-7-23-16-27(34)12-14-28(23)26-19-36-18-25-10-13-29(25)31(39-4)9-6-8-21(2)22(3)41(38)35-33(37)24-11-15-32(40-20-26)30(36)17-24;1-5-10-6-8(2,7-10)9(3)4/h6,9,11-12,14-17,21-22,25-26,29,31H,5,7-8,10,13,18-20H2,1-4H3,(H,35,37);5-7H2,1-4H3/b9-6+;. The van der Waals surface area contributed by atoms with Gasteiger partial charge in [0.05, 0.1) is 23.6 Å². The maximum Gasteiger partial charge on any atom is 0.263 e. The molecule has 3 heterocycles. The number of halogens is 1. The van der Waals surface area contributed by atoms with E-state index in [9.17, 15) is 9.00 Å². The van der Waals surface area contributed by atoms with Crippen LogP contribution in [0.5, 0.6) is 5.75 Å². The first-order valence-corrected chi connectivity index (χ1v) is 20.6. The highest BCUT2D eigenvalue weighted by atomic mass is 35.5. The number of aryl methyl sites for hydroxylation is 1. The summed E-state index contributed by atoms with van der Waals surface area (Å²) in [6, 6.07) is 11.8. The van der Waals surface area contributed by atoms with Crippen molar-refractivity contribution in [2.24, 2.45) is 17.8 Å². The van der Waals surface area contributed by atoms with Gasteiger partial charge in [-0.25, -0.2) is 4.21 Å². The fraction of sp³-hybridized carbons (Fsp3) is 0.634. The molecule has 7 atom stereocenters. The molecule has 3 aliphatic heterocycles. The van der Waals surface area contributed by atoms with E-state index in [0.29, 0.717) is 29.5 Å². The maximum atomic E-state index is 13.3. The second kappa shape index (κ2) is 17.6. The van der Waals surface area contributed by atoms with Crippen molar-refractivity contribution in [1.29, 1.82) is 0 Å². The number of hydrogen-bond donors (Lipinski definition) is 1. The number of benzene rings is 2. The van der Waals surface area contributed by atoms with E-state index in [2.05, 4.69) is 85.5 Å². The Labute approximate surface area is 314 Å². The second-order valence-electron chi connectivity index (χ2n) is 15.7. The third-order valence-electron chi connectivity index (χ3n) is 12.0. The largest absolute Gasteiger partial charge is 0.491 e. The summed E-state index contributed by atoms with van der Waals surface area (Å²) in [5, 5.41) is 0.569. The molecular formula is C41H61ClN4O4S. The van der Waals surface area contributed by atoms with Crippen molar-refractivity contribution >= 4 is 34.2 Å². The van der Waals surface area contributed by atoms with Gasteiger partial charge in [0.1, 0.15) is 16.7 Å². The van der Waals surface area contributed by atoms with E-state index in [1.807, 2.05) is 25.1 Å². The van der Waals surface area contributed by atoms with Gasteiger partial charge in [-0.1, -0.05) is 57.0 Å². The van der Waals surface area contributed by atoms with Crippen LogP contribution in [0.2, 0.25) is 5.02 Å². The smallest absolute Gasteiger partial charge is 0.263 e. The number of amides is 1. The number of carbonyl (C=O) groups excluding carboxylic acids is 1. The van der Waals surface area contributed by atoms with Crippen molar-refractivity contribution in [2.45, 2.75) is 89.5 Å². The topological polar surface area (TPSA) is 74.3 Å². The van der Waals surface area contributed by atoms with Crippen LogP contribution in [0.15, 0.2) is 48.6 Å². The lowest BCUT2D eigenvalue weighted by molar-refractivity contribution is -0.0121. The van der Waals surface area contributed by atoms with Crippen molar-refractivity contribution in [1.82, 2.24) is 14.5 Å². The van der Waals surface area contributed by atoms with E-state index in [4.69, 9.17) is 21.1 Å². The number of nitrogens with one attached hydrogen (secondary N) is 1. The Morgan fingerprint density at radius 1 is 1.10 bits per heavy atom. The first-order chi connectivity index (χ1) is 24.4. The number of hydrogen-bond acceptors (Lipinski definition) is 7. The lowest BCUT2D eigenvalue weighted by Crippen LogP contribution is -2.66. The van der Waals surface area contributed by atoms with Gasteiger partial charge in [-0.3, -0.25) is 14.4 Å². The number of ether oxygens (including phenoxy) is 2. The molecule has 7 unspecified atom stereocenters. The molecule has 1 N–H and O–H groups in total. The van der Waals surface area contributed by atoms with E-state index < -0.39 is 11.0 Å². The molecule has 51 heavy (non-hydrogen) atoms. The Bertz CT molecular complexity index is 1550. The number of anilines is 1. The molecule has 4 aliphatic rings. The summed E-state index contributed by atoms with van der Waals surface area (Å²) in [6.07, 6.45) is 9.47. The summed E-state index contributed by atoms with van der Waals surface area (Å²) in [4.78, 5) is 20.5. The van der Waals surface area contributed by atoms with Gasteiger partial charge in [0.25, 0.3) is 5.91 Å². The van der Waals surface area contributed by atoms with Crippen LogP contribution in [0.1, 0.15) is 87.7 Å². The maximum absolute atomic E-state index is 13.3. The van der Waals surface area contributed by atoms with E-state index >= 15 is 0 Å².